The Hall–Kier alpha value is -8.38. The van der Waals surface area contributed by atoms with Crippen LogP contribution in [0.2, 0.25) is 0 Å². The molecule has 30 nitrogen and oxygen atoms in total. The van der Waals surface area contributed by atoms with E-state index in [9.17, 15) is 53.1 Å². The highest BCUT2D eigenvalue weighted by atomic mass is 16.3. The van der Waals surface area contributed by atoms with E-state index in [-0.39, 0.29) is 69.1 Å². The van der Waals surface area contributed by atoms with Crippen LogP contribution in [0, 0.1) is 47.3 Å². The summed E-state index contributed by atoms with van der Waals surface area (Å²) in [5, 5.41) is 43.8. The molecule has 1 aromatic rings. The minimum atomic E-state index is -1.85. The summed E-state index contributed by atoms with van der Waals surface area (Å²) in [5.74, 6) is -16.0. The monoisotopic (exact) mass is 1490 g/mol. The lowest BCUT2D eigenvalue weighted by molar-refractivity contribution is -0.158. The molecule has 14 amide bonds. The molecule has 30 heteroatoms. The summed E-state index contributed by atoms with van der Waals surface area (Å²) in [6, 6.07) is -9.44. The van der Waals surface area contributed by atoms with Gasteiger partial charge in [0.1, 0.15) is 78.2 Å². The number of imide groups is 1. The highest BCUT2D eigenvalue weighted by Gasteiger charge is 2.49. The van der Waals surface area contributed by atoms with Crippen molar-refractivity contribution in [1.82, 2.24) is 73.6 Å². The van der Waals surface area contributed by atoms with Gasteiger partial charge < -0.3 is 79.5 Å². The predicted octanol–water partition coefficient (Wildman–Crippen LogP) is 1.75. The van der Waals surface area contributed by atoms with E-state index < -0.39 is 203 Å². The minimum Gasteiger partial charge on any atom is -0.391 e. The molecule has 2 fully saturated rings. The highest BCUT2D eigenvalue weighted by Crippen LogP contribution is 2.25. The van der Waals surface area contributed by atoms with E-state index in [1.807, 2.05) is 13.8 Å². The number of rotatable bonds is 34. The van der Waals surface area contributed by atoms with Gasteiger partial charge in [-0.3, -0.25) is 72.0 Å². The highest BCUT2D eigenvalue weighted by molar-refractivity contribution is 6.09. The number of hydrogen-bond donors (Lipinski definition) is 14. The molecule has 106 heavy (non-hydrogen) atoms. The van der Waals surface area contributed by atoms with Gasteiger partial charge in [-0.2, -0.15) is 0 Å². The van der Waals surface area contributed by atoms with Crippen molar-refractivity contribution in [2.24, 2.45) is 53.1 Å². The van der Waals surface area contributed by atoms with Crippen molar-refractivity contribution in [1.29, 1.82) is 0 Å². The van der Waals surface area contributed by atoms with Crippen LogP contribution < -0.4 is 69.5 Å². The molecule has 0 radical (unpaired) electrons. The summed E-state index contributed by atoms with van der Waals surface area (Å²) < 4.78 is 0. The maximum atomic E-state index is 16.1. The number of nitrogens with two attached hydrogens (primary N) is 1. The number of carbonyl (C=O) groups excluding carboxylic acids is 14. The second-order valence-electron chi connectivity index (χ2n) is 30.4. The number of nitrogens with zero attached hydrogens (tertiary/aromatic N) is 2. The van der Waals surface area contributed by atoms with Crippen molar-refractivity contribution in [3.8, 4) is 0 Å². The SMILES string of the molecule is C/C=C1\NC(=O)[C@H](Cc2ccccc2)NC(=O)[C@@H](C(C)C)NC(=O)[C@@H]([C@@H](C)CC)NC(=O)[C@@H]([C@@H](C)NC)N(C(=O)[C@H](NC(=O)[C@H](CCCN)NC(=O)[C@H]2CCCN2C(=O)[C@H](NC(=O)[C@@H](NC(=O)[C@@H](NC(=O)[C@H](NC(=O)CC[C@@H](C)CC)C(C)C)[C@@H](C)O)C(C)C)C(C)C)[C@@H](C)CC)C(=O)[C@H](C(C)C)NC1=O. The Bertz CT molecular complexity index is 3200. The lowest BCUT2D eigenvalue weighted by atomic mass is 9.92. The van der Waals surface area contributed by atoms with Crippen molar-refractivity contribution in [3.63, 3.8) is 0 Å². The first-order valence-corrected chi connectivity index (χ1v) is 38.0. The van der Waals surface area contributed by atoms with E-state index in [0.29, 0.717) is 29.7 Å². The molecule has 0 aromatic heterocycles. The van der Waals surface area contributed by atoms with E-state index in [4.69, 9.17) is 5.73 Å². The Kier molecular flexibility index (Phi) is 38.2. The van der Waals surface area contributed by atoms with Crippen LogP contribution in [0.15, 0.2) is 42.1 Å². The van der Waals surface area contributed by atoms with Gasteiger partial charge in [0.15, 0.2) is 0 Å². The maximum Gasteiger partial charge on any atom is 0.268 e. The Labute approximate surface area is 627 Å². The fourth-order valence-corrected chi connectivity index (χ4v) is 12.5. The molecule has 15 N–H and O–H groups in total. The third kappa shape index (κ3) is 26.2. The van der Waals surface area contributed by atoms with Gasteiger partial charge in [-0.05, 0) is 119 Å². The van der Waals surface area contributed by atoms with Gasteiger partial charge in [0.2, 0.25) is 65.0 Å². The van der Waals surface area contributed by atoms with Crippen LogP contribution in [-0.2, 0) is 73.5 Å². The molecule has 0 saturated carbocycles. The summed E-state index contributed by atoms with van der Waals surface area (Å²) in [5.41, 5.74) is 6.33. The van der Waals surface area contributed by atoms with Gasteiger partial charge in [0.25, 0.3) is 17.7 Å². The Morgan fingerprint density at radius 3 is 1.65 bits per heavy atom. The molecule has 0 bridgehead atoms. The first-order chi connectivity index (χ1) is 49.8. The summed E-state index contributed by atoms with van der Waals surface area (Å²) in [6.45, 7) is 31.8. The molecule has 1 aromatic carbocycles. The molecule has 0 unspecified atom stereocenters. The average Bonchev–Trinajstić information content (AvgIpc) is 0.810. The minimum absolute atomic E-state index is 0.0392. The first-order valence-electron chi connectivity index (χ1n) is 38.0. The van der Waals surface area contributed by atoms with Crippen LogP contribution in [-0.4, -0.2) is 202 Å². The zero-order chi connectivity index (χ0) is 80.3. The Morgan fingerprint density at radius 1 is 0.594 bits per heavy atom. The van der Waals surface area contributed by atoms with Gasteiger partial charge in [-0.25, -0.2) is 0 Å². The van der Waals surface area contributed by atoms with Gasteiger partial charge >= 0.3 is 0 Å². The second-order valence-corrected chi connectivity index (χ2v) is 30.4. The van der Waals surface area contributed by atoms with Gasteiger partial charge in [-0.1, -0.05) is 166 Å². The normalized spacial score (nSPS) is 22.3. The largest absolute Gasteiger partial charge is 0.391 e. The van der Waals surface area contributed by atoms with Gasteiger partial charge in [0, 0.05) is 25.4 Å². The molecule has 2 aliphatic rings. The third-order valence-corrected chi connectivity index (χ3v) is 20.2. The standard InChI is InChI=1S/C76H127N15O15/c1-21-44(15)34-35-54(93)82-55(39(5)6)69(99)89-62(48(19)92)72(102)84-57(41(9)10)70(100)86-58(42(11)12)74(104)90-37-29-33-53(90)67(97)80-51(32-28-36-77)65(95)88-61(46(17)23-3)76(106)91-63(47(18)78-20)73(103)87-60(45(16)22-2)71(101)83-56(40(7)8)68(98)81-52(38-49-30-26-25-27-31-49)66(96)79-50(24-4)64(94)85-59(43(13)14)75(91)105/h24-27,30-31,39-48,51-53,55-63,78,92H,21-23,28-29,32-38,77H2,1-20H3,(H,79,96)(H,80,97)(H,81,98)(H,82,93)(H,83,101)(H,84,102)(H,85,94)(H,86,100)(H,87,103)(H,88,95)(H,89,99)/b50-24-/t44-,45-,46-,47+,48+,51-,52-,53+,55+,56+,57-,58+,59-,60+,61+,62-,63+/m0/s1. The number of aliphatic hydroxyl groups is 1. The Balaban J connectivity index is 2.13. The lowest BCUT2D eigenvalue weighted by Gasteiger charge is -2.40. The molecule has 2 heterocycles. The lowest BCUT2D eigenvalue weighted by Crippen LogP contribution is -2.69. The average molecular weight is 1490 g/mol. The van der Waals surface area contributed by atoms with Crippen LogP contribution in [0.25, 0.3) is 0 Å². The Morgan fingerprint density at radius 2 is 1.13 bits per heavy atom. The number of likely N-dealkylation sites (tertiary alicyclic amines) is 1. The molecular weight excluding hydrogens is 1360 g/mol. The van der Waals surface area contributed by atoms with Crippen LogP contribution in [0.3, 0.4) is 0 Å². The van der Waals surface area contributed by atoms with Crippen molar-refractivity contribution >= 4 is 82.7 Å². The van der Waals surface area contributed by atoms with Crippen molar-refractivity contribution in [3.05, 3.63) is 47.7 Å². The molecule has 2 aliphatic heterocycles. The number of allylic oxidation sites excluding steroid dienone is 1. The first kappa shape index (κ1) is 91.8. The quantitative estimate of drug-likeness (QED) is 0.0437. The number of amides is 14. The van der Waals surface area contributed by atoms with E-state index in [0.717, 1.165) is 6.42 Å². The van der Waals surface area contributed by atoms with Crippen LogP contribution in [0.1, 0.15) is 195 Å². The topological polar surface area (TPSA) is 436 Å². The number of nitrogens with one attached hydrogen (secondary N) is 12. The zero-order valence-electron chi connectivity index (χ0n) is 66.3. The predicted molar refractivity (Wildman–Crippen MR) is 402 cm³/mol. The molecule has 3 rings (SSSR count). The fraction of sp³-hybridized carbons (Fsp3) is 0.711. The van der Waals surface area contributed by atoms with Gasteiger partial charge in [0.05, 0.1) is 6.10 Å². The second kappa shape index (κ2) is 44.0. The van der Waals surface area contributed by atoms with Crippen LogP contribution in [0.4, 0.5) is 0 Å². The molecule has 596 valence electrons. The number of benzene rings is 1. The van der Waals surface area contributed by atoms with Crippen molar-refractivity contribution < 1.29 is 72.2 Å². The molecular formula is C76H127N15O15. The molecule has 0 aliphatic carbocycles. The summed E-state index contributed by atoms with van der Waals surface area (Å²) in [6.07, 6.45) is 2.39. The van der Waals surface area contributed by atoms with Crippen LogP contribution >= 0.6 is 0 Å². The number of likely N-dealkylation sites (N-methyl/N-ethyl adjacent to an activating group) is 1. The maximum absolute atomic E-state index is 16.1. The molecule has 0 spiro atoms. The number of aliphatic hydroxyl groups excluding tert-OH is 1. The third-order valence-electron chi connectivity index (χ3n) is 20.2. The summed E-state index contributed by atoms with van der Waals surface area (Å²) in [7, 11) is 1.47. The molecule has 2 saturated heterocycles. The van der Waals surface area contributed by atoms with E-state index in [2.05, 4.69) is 63.8 Å². The van der Waals surface area contributed by atoms with Gasteiger partial charge in [-0.15, -0.1) is 0 Å². The van der Waals surface area contributed by atoms with E-state index in [1.165, 1.54) is 38.8 Å². The fourth-order valence-electron chi connectivity index (χ4n) is 12.5. The summed E-state index contributed by atoms with van der Waals surface area (Å²) in [4.78, 5) is 208. The summed E-state index contributed by atoms with van der Waals surface area (Å²) >= 11 is 0. The number of carbonyl (C=O) groups is 14. The van der Waals surface area contributed by atoms with E-state index >= 15 is 19.2 Å². The van der Waals surface area contributed by atoms with Crippen molar-refractivity contribution in [2.75, 3.05) is 20.1 Å². The van der Waals surface area contributed by atoms with E-state index in [1.54, 1.807) is 127 Å². The zero-order valence-corrected chi connectivity index (χ0v) is 66.3. The van der Waals surface area contributed by atoms with Crippen molar-refractivity contribution in [2.45, 2.75) is 280 Å². The smallest absolute Gasteiger partial charge is 0.268 e. The van der Waals surface area contributed by atoms with Crippen LogP contribution in [0.5, 0.6) is 0 Å². The molecule has 17 atom stereocenters. The number of hydrogen-bond acceptors (Lipinski definition) is 17.